The molecule has 4 heteroatoms. The molecule has 0 fully saturated rings. The summed E-state index contributed by atoms with van der Waals surface area (Å²) < 4.78 is 0. The fourth-order valence-electron chi connectivity index (χ4n) is 3.51. The Kier molecular flexibility index (Phi) is 3.92. The van der Waals surface area contributed by atoms with Gasteiger partial charge in [-0.2, -0.15) is 5.10 Å². The van der Waals surface area contributed by atoms with Gasteiger partial charge in [0.05, 0.1) is 11.8 Å². The predicted octanol–water partition coefficient (Wildman–Crippen LogP) is 2.70. The van der Waals surface area contributed by atoms with E-state index in [9.17, 15) is 5.11 Å². The number of aliphatic hydroxyl groups is 1. The minimum Gasteiger partial charge on any atom is -0.388 e. The lowest BCUT2D eigenvalue weighted by atomic mass is 10.0. The average molecular weight is 319 g/mol. The number of aromatic nitrogens is 2. The van der Waals surface area contributed by atoms with E-state index in [1.54, 1.807) is 0 Å². The van der Waals surface area contributed by atoms with Crippen LogP contribution >= 0.6 is 0 Å². The first-order valence-electron chi connectivity index (χ1n) is 8.30. The number of aromatic amines is 1. The van der Waals surface area contributed by atoms with Gasteiger partial charge < -0.3 is 10.4 Å². The molecule has 0 amide bonds. The number of rotatable bonds is 5. The summed E-state index contributed by atoms with van der Waals surface area (Å²) in [5.74, 6) is 0. The van der Waals surface area contributed by atoms with Crippen LogP contribution in [0.2, 0.25) is 0 Å². The Labute approximate surface area is 141 Å². The molecule has 0 aliphatic heterocycles. The molecule has 4 rings (SSSR count). The summed E-state index contributed by atoms with van der Waals surface area (Å²) in [5, 5.41) is 21.1. The first-order chi connectivity index (χ1) is 11.7. The van der Waals surface area contributed by atoms with Gasteiger partial charge in [-0.3, -0.25) is 5.10 Å². The number of H-pyrrole nitrogens is 1. The number of fused-ring (bicyclic) bond motifs is 1. The minimum atomic E-state index is -0.675. The van der Waals surface area contributed by atoms with E-state index < -0.39 is 5.60 Å². The van der Waals surface area contributed by atoms with Crippen LogP contribution in [0.25, 0.3) is 11.1 Å². The molecule has 4 nitrogen and oxygen atoms in total. The smallest absolute Gasteiger partial charge is 0.0852 e. The molecule has 1 aliphatic carbocycles. The molecule has 0 spiro atoms. The summed E-state index contributed by atoms with van der Waals surface area (Å²) in [6.07, 6.45) is 5.17. The Bertz CT molecular complexity index is 801. The second-order valence-corrected chi connectivity index (χ2v) is 6.64. The van der Waals surface area contributed by atoms with Gasteiger partial charge in [0.15, 0.2) is 0 Å². The van der Waals surface area contributed by atoms with Crippen LogP contribution in [0.4, 0.5) is 0 Å². The van der Waals surface area contributed by atoms with Crippen molar-refractivity contribution < 1.29 is 5.11 Å². The molecule has 122 valence electrons. The van der Waals surface area contributed by atoms with Gasteiger partial charge in [-0.1, -0.05) is 42.5 Å². The van der Waals surface area contributed by atoms with E-state index in [1.165, 1.54) is 16.7 Å². The van der Waals surface area contributed by atoms with Gasteiger partial charge in [0.2, 0.25) is 0 Å². The Morgan fingerprint density at radius 1 is 1.04 bits per heavy atom. The third kappa shape index (κ3) is 3.11. The van der Waals surface area contributed by atoms with Crippen molar-refractivity contribution in [2.75, 3.05) is 6.54 Å². The van der Waals surface area contributed by atoms with Gasteiger partial charge in [0, 0.05) is 37.7 Å². The third-order valence-electron chi connectivity index (χ3n) is 4.70. The molecular formula is C20H21N3O. The molecule has 0 saturated heterocycles. The van der Waals surface area contributed by atoms with E-state index in [2.05, 4.69) is 51.9 Å². The summed E-state index contributed by atoms with van der Waals surface area (Å²) in [6, 6.07) is 16.7. The topological polar surface area (TPSA) is 60.9 Å². The number of hydrogen-bond acceptors (Lipinski definition) is 3. The van der Waals surface area contributed by atoms with Crippen LogP contribution < -0.4 is 5.32 Å². The number of nitrogens with zero attached hydrogens (tertiary/aromatic N) is 1. The highest BCUT2D eigenvalue weighted by atomic mass is 16.3. The maximum Gasteiger partial charge on any atom is 0.0852 e. The van der Waals surface area contributed by atoms with Crippen LogP contribution in [0.5, 0.6) is 0 Å². The fraction of sp³-hybridized carbons (Fsp3) is 0.250. The number of hydrogen-bond donors (Lipinski definition) is 3. The normalized spacial score (nSPS) is 15.4. The third-order valence-corrected chi connectivity index (χ3v) is 4.70. The van der Waals surface area contributed by atoms with Crippen molar-refractivity contribution in [1.82, 2.24) is 15.5 Å². The van der Waals surface area contributed by atoms with Crippen LogP contribution in [0.3, 0.4) is 0 Å². The molecule has 3 N–H and O–H groups in total. The van der Waals surface area contributed by atoms with Crippen LogP contribution in [-0.2, 0) is 19.4 Å². The van der Waals surface area contributed by atoms with E-state index in [4.69, 9.17) is 0 Å². The van der Waals surface area contributed by atoms with Crippen LogP contribution in [-0.4, -0.2) is 27.4 Å². The molecule has 1 aliphatic rings. The Hall–Kier alpha value is -2.43. The highest BCUT2D eigenvalue weighted by molar-refractivity contribution is 5.62. The maximum atomic E-state index is 10.8. The zero-order chi connectivity index (χ0) is 16.4. The van der Waals surface area contributed by atoms with E-state index in [-0.39, 0.29) is 0 Å². The summed E-state index contributed by atoms with van der Waals surface area (Å²) in [4.78, 5) is 0. The van der Waals surface area contributed by atoms with E-state index in [0.29, 0.717) is 6.54 Å². The van der Waals surface area contributed by atoms with Crippen molar-refractivity contribution in [1.29, 1.82) is 0 Å². The molecule has 2 aromatic carbocycles. The van der Waals surface area contributed by atoms with Gasteiger partial charge >= 0.3 is 0 Å². The molecule has 0 saturated carbocycles. The molecule has 1 aromatic heterocycles. The lowest BCUT2D eigenvalue weighted by Crippen LogP contribution is -2.41. The molecule has 0 radical (unpaired) electrons. The van der Waals surface area contributed by atoms with E-state index >= 15 is 0 Å². The van der Waals surface area contributed by atoms with Crippen LogP contribution in [0.15, 0.2) is 60.9 Å². The molecule has 0 bridgehead atoms. The lowest BCUT2D eigenvalue weighted by Gasteiger charge is -2.22. The summed E-state index contributed by atoms with van der Waals surface area (Å²) >= 11 is 0. The maximum absolute atomic E-state index is 10.8. The minimum absolute atomic E-state index is 0.595. The van der Waals surface area contributed by atoms with Gasteiger partial charge in [-0.15, -0.1) is 0 Å². The average Bonchev–Trinajstić information content (AvgIpc) is 3.22. The lowest BCUT2D eigenvalue weighted by molar-refractivity contribution is 0.0510. The monoisotopic (exact) mass is 319 g/mol. The second-order valence-electron chi connectivity index (χ2n) is 6.64. The molecule has 1 heterocycles. The standard InChI is InChI=1S/C20H21N3O/c24-20(9-17-5-1-2-6-18(17)10-20)14-21-11-15-4-3-7-16(8-15)19-12-22-23-13-19/h1-8,12-13,21,24H,9-11,14H2,(H,22,23). The van der Waals surface area contributed by atoms with Crippen molar-refractivity contribution in [2.24, 2.45) is 0 Å². The fourth-order valence-corrected chi connectivity index (χ4v) is 3.51. The van der Waals surface area contributed by atoms with Gasteiger partial charge in [-0.25, -0.2) is 0 Å². The SMILES string of the molecule is OC1(CNCc2cccc(-c3cn[nH]c3)c2)Cc2ccccc2C1. The molecule has 0 atom stereocenters. The summed E-state index contributed by atoms with van der Waals surface area (Å²) in [6.45, 7) is 1.34. The largest absolute Gasteiger partial charge is 0.388 e. The number of nitrogens with one attached hydrogen (secondary N) is 2. The molecule has 3 aromatic rings. The first kappa shape index (κ1) is 15.1. The number of benzene rings is 2. The first-order valence-corrected chi connectivity index (χ1v) is 8.30. The predicted molar refractivity (Wildman–Crippen MR) is 94.5 cm³/mol. The van der Waals surface area contributed by atoms with Crippen molar-refractivity contribution in [3.8, 4) is 11.1 Å². The quantitative estimate of drug-likeness (QED) is 0.677. The summed E-state index contributed by atoms with van der Waals surface area (Å²) in [7, 11) is 0. The van der Waals surface area contributed by atoms with E-state index in [1.807, 2.05) is 24.5 Å². The van der Waals surface area contributed by atoms with Crippen molar-refractivity contribution in [3.05, 3.63) is 77.6 Å². The molecular weight excluding hydrogens is 298 g/mol. The van der Waals surface area contributed by atoms with Crippen LogP contribution in [0.1, 0.15) is 16.7 Å². The zero-order valence-corrected chi connectivity index (χ0v) is 13.5. The van der Waals surface area contributed by atoms with E-state index in [0.717, 1.165) is 30.5 Å². The van der Waals surface area contributed by atoms with Crippen molar-refractivity contribution >= 4 is 0 Å². The van der Waals surface area contributed by atoms with Gasteiger partial charge in [0.1, 0.15) is 0 Å². The van der Waals surface area contributed by atoms with Crippen molar-refractivity contribution in [2.45, 2.75) is 25.0 Å². The Morgan fingerprint density at radius 2 is 1.83 bits per heavy atom. The molecule has 0 unspecified atom stereocenters. The highest BCUT2D eigenvalue weighted by Gasteiger charge is 2.34. The van der Waals surface area contributed by atoms with Gasteiger partial charge in [-0.05, 0) is 28.3 Å². The van der Waals surface area contributed by atoms with Gasteiger partial charge in [0.25, 0.3) is 0 Å². The summed E-state index contributed by atoms with van der Waals surface area (Å²) in [5.41, 5.74) is 5.29. The highest BCUT2D eigenvalue weighted by Crippen LogP contribution is 2.29. The Balaban J connectivity index is 1.37. The zero-order valence-electron chi connectivity index (χ0n) is 13.5. The molecule has 24 heavy (non-hydrogen) atoms. The van der Waals surface area contributed by atoms with Crippen molar-refractivity contribution in [3.63, 3.8) is 0 Å². The Morgan fingerprint density at radius 3 is 2.54 bits per heavy atom. The van der Waals surface area contributed by atoms with Crippen LogP contribution in [0, 0.1) is 0 Å². The second kappa shape index (κ2) is 6.23.